The van der Waals surface area contributed by atoms with Crippen molar-refractivity contribution in [2.24, 2.45) is 0 Å². The van der Waals surface area contributed by atoms with Crippen molar-refractivity contribution < 1.29 is 14.4 Å². The molecule has 0 bridgehead atoms. The van der Waals surface area contributed by atoms with Gasteiger partial charge in [-0.25, -0.2) is 0 Å². The summed E-state index contributed by atoms with van der Waals surface area (Å²) in [6.07, 6.45) is 1.47. The summed E-state index contributed by atoms with van der Waals surface area (Å²) in [6.45, 7) is 0.868. The van der Waals surface area contributed by atoms with Crippen LogP contribution in [-0.4, -0.2) is 30.8 Å². The van der Waals surface area contributed by atoms with E-state index in [1.54, 1.807) is 29.2 Å². The normalized spacial score (nSPS) is 13.5. The van der Waals surface area contributed by atoms with Crippen molar-refractivity contribution in [1.82, 2.24) is 5.32 Å². The zero-order valence-electron chi connectivity index (χ0n) is 16.9. The molecule has 0 atom stereocenters. The fourth-order valence-corrected chi connectivity index (χ4v) is 3.93. The van der Waals surface area contributed by atoms with Gasteiger partial charge in [-0.3, -0.25) is 14.4 Å². The lowest BCUT2D eigenvalue weighted by molar-refractivity contribution is -0.117. The third-order valence-corrected chi connectivity index (χ3v) is 5.55. The summed E-state index contributed by atoms with van der Waals surface area (Å²) in [6, 6.07) is 18.4. The van der Waals surface area contributed by atoms with Gasteiger partial charge in [0.25, 0.3) is 5.91 Å². The molecule has 1 aliphatic heterocycles. The van der Waals surface area contributed by atoms with Gasteiger partial charge in [0.1, 0.15) is 0 Å². The number of carbonyl (C=O) groups is 3. The van der Waals surface area contributed by atoms with Gasteiger partial charge < -0.3 is 15.5 Å². The Balaban J connectivity index is 1.29. The molecule has 1 fully saturated rings. The average Bonchev–Trinajstić information content (AvgIpc) is 3.19. The van der Waals surface area contributed by atoms with Crippen LogP contribution in [0.4, 0.5) is 11.4 Å². The van der Waals surface area contributed by atoms with E-state index >= 15 is 0 Å². The van der Waals surface area contributed by atoms with Gasteiger partial charge in [-0.1, -0.05) is 41.9 Å². The molecule has 3 amide bonds. The fourth-order valence-electron chi connectivity index (χ4n) is 3.65. The first kappa shape index (κ1) is 20.9. The van der Waals surface area contributed by atoms with Crippen molar-refractivity contribution in [3.63, 3.8) is 0 Å². The number of rotatable bonds is 6. The molecule has 3 aromatic carbocycles. The van der Waals surface area contributed by atoms with Crippen molar-refractivity contribution in [3.8, 4) is 0 Å². The SMILES string of the molecule is O=C(CCNC(=O)c1ccc2ccccc2c1)Nc1ccc(N2CCCC2=O)c(Cl)c1. The Hall–Kier alpha value is -3.38. The van der Waals surface area contributed by atoms with E-state index in [1.807, 2.05) is 36.4 Å². The van der Waals surface area contributed by atoms with Gasteiger partial charge in [0.15, 0.2) is 0 Å². The van der Waals surface area contributed by atoms with Gasteiger partial charge in [-0.2, -0.15) is 0 Å². The van der Waals surface area contributed by atoms with Gasteiger partial charge in [0.2, 0.25) is 11.8 Å². The van der Waals surface area contributed by atoms with Crippen molar-refractivity contribution >= 4 is 51.5 Å². The molecule has 158 valence electrons. The molecule has 1 heterocycles. The second-order valence-corrected chi connectivity index (χ2v) is 7.84. The molecule has 0 aromatic heterocycles. The Morgan fingerprint density at radius 2 is 1.81 bits per heavy atom. The molecule has 3 aromatic rings. The van der Waals surface area contributed by atoms with Crippen LogP contribution in [0.5, 0.6) is 0 Å². The van der Waals surface area contributed by atoms with Gasteiger partial charge in [0.05, 0.1) is 10.7 Å². The Bertz CT molecular complexity index is 1160. The van der Waals surface area contributed by atoms with Crippen LogP contribution in [0.2, 0.25) is 5.02 Å². The molecule has 4 rings (SSSR count). The van der Waals surface area contributed by atoms with E-state index in [0.29, 0.717) is 34.9 Å². The van der Waals surface area contributed by atoms with E-state index in [4.69, 9.17) is 11.6 Å². The number of nitrogens with one attached hydrogen (secondary N) is 2. The largest absolute Gasteiger partial charge is 0.352 e. The first-order valence-electron chi connectivity index (χ1n) is 10.2. The number of hydrogen-bond donors (Lipinski definition) is 2. The highest BCUT2D eigenvalue weighted by Gasteiger charge is 2.23. The molecule has 1 aliphatic rings. The summed E-state index contributed by atoms with van der Waals surface area (Å²) in [5.74, 6) is -0.401. The second kappa shape index (κ2) is 9.18. The summed E-state index contributed by atoms with van der Waals surface area (Å²) in [5, 5.41) is 8.02. The molecule has 0 saturated carbocycles. The highest BCUT2D eigenvalue weighted by atomic mass is 35.5. The monoisotopic (exact) mass is 435 g/mol. The minimum atomic E-state index is -0.236. The Morgan fingerprint density at radius 1 is 1.00 bits per heavy atom. The molecular weight excluding hydrogens is 414 g/mol. The molecule has 0 radical (unpaired) electrons. The minimum absolute atomic E-state index is 0.0563. The van der Waals surface area contributed by atoms with Crippen LogP contribution < -0.4 is 15.5 Å². The molecule has 6 nitrogen and oxygen atoms in total. The Morgan fingerprint density at radius 3 is 2.55 bits per heavy atom. The maximum Gasteiger partial charge on any atom is 0.251 e. The number of fused-ring (bicyclic) bond motifs is 1. The minimum Gasteiger partial charge on any atom is -0.352 e. The van der Waals surface area contributed by atoms with Gasteiger partial charge in [-0.15, -0.1) is 0 Å². The highest BCUT2D eigenvalue weighted by Crippen LogP contribution is 2.31. The van der Waals surface area contributed by atoms with Crippen LogP contribution in [0.25, 0.3) is 10.8 Å². The fraction of sp³-hybridized carbons (Fsp3) is 0.208. The van der Waals surface area contributed by atoms with E-state index in [1.165, 1.54) is 0 Å². The van der Waals surface area contributed by atoms with Gasteiger partial charge in [-0.05, 0) is 47.5 Å². The van der Waals surface area contributed by atoms with Crippen molar-refractivity contribution in [1.29, 1.82) is 0 Å². The number of amides is 3. The first-order chi connectivity index (χ1) is 15.0. The lowest BCUT2D eigenvalue weighted by Crippen LogP contribution is -2.27. The molecule has 2 N–H and O–H groups in total. The third-order valence-electron chi connectivity index (χ3n) is 5.24. The van der Waals surface area contributed by atoms with Gasteiger partial charge >= 0.3 is 0 Å². The standard InChI is InChI=1S/C24H22ClN3O3/c25-20-15-19(9-10-21(20)28-13-3-6-23(28)30)27-22(29)11-12-26-24(31)18-8-7-16-4-1-2-5-17(16)14-18/h1-2,4-5,7-10,14-15H,3,6,11-13H2,(H,26,31)(H,27,29). The zero-order valence-corrected chi connectivity index (χ0v) is 17.6. The summed E-state index contributed by atoms with van der Waals surface area (Å²) in [4.78, 5) is 38.2. The first-order valence-corrected chi connectivity index (χ1v) is 10.6. The molecule has 0 unspecified atom stereocenters. The van der Waals surface area contributed by atoms with E-state index in [2.05, 4.69) is 10.6 Å². The lowest BCUT2D eigenvalue weighted by atomic mass is 10.1. The number of benzene rings is 3. The summed E-state index contributed by atoms with van der Waals surface area (Å²) >= 11 is 6.31. The zero-order chi connectivity index (χ0) is 21.8. The molecule has 1 saturated heterocycles. The van der Waals surface area contributed by atoms with Crippen molar-refractivity contribution in [2.75, 3.05) is 23.3 Å². The molecule has 0 aliphatic carbocycles. The van der Waals surface area contributed by atoms with Gasteiger partial charge in [0, 0.05) is 37.2 Å². The van der Waals surface area contributed by atoms with Crippen molar-refractivity contribution in [3.05, 3.63) is 71.2 Å². The second-order valence-electron chi connectivity index (χ2n) is 7.43. The molecule has 0 spiro atoms. The number of anilines is 2. The van der Waals surface area contributed by atoms with E-state index in [-0.39, 0.29) is 30.7 Å². The summed E-state index contributed by atoms with van der Waals surface area (Å²) < 4.78 is 0. The lowest BCUT2D eigenvalue weighted by Gasteiger charge is -2.18. The third kappa shape index (κ3) is 4.86. The Labute approximate surface area is 185 Å². The van der Waals surface area contributed by atoms with E-state index < -0.39 is 0 Å². The van der Waals surface area contributed by atoms with E-state index in [9.17, 15) is 14.4 Å². The number of carbonyl (C=O) groups excluding carboxylic acids is 3. The topological polar surface area (TPSA) is 78.5 Å². The summed E-state index contributed by atoms with van der Waals surface area (Å²) in [5.41, 5.74) is 1.76. The molecule has 31 heavy (non-hydrogen) atoms. The van der Waals surface area contributed by atoms with Crippen LogP contribution in [0.1, 0.15) is 29.6 Å². The van der Waals surface area contributed by atoms with Crippen LogP contribution in [0, 0.1) is 0 Å². The van der Waals surface area contributed by atoms with Crippen LogP contribution in [0.3, 0.4) is 0 Å². The number of halogens is 1. The quantitative estimate of drug-likeness (QED) is 0.603. The maximum absolute atomic E-state index is 12.4. The van der Waals surface area contributed by atoms with E-state index in [0.717, 1.165) is 17.2 Å². The maximum atomic E-state index is 12.4. The molecular formula is C24H22ClN3O3. The molecule has 7 heteroatoms. The van der Waals surface area contributed by atoms with Crippen LogP contribution in [-0.2, 0) is 9.59 Å². The predicted octanol–water partition coefficient (Wildman–Crippen LogP) is 4.38. The number of hydrogen-bond acceptors (Lipinski definition) is 3. The number of nitrogens with zero attached hydrogens (tertiary/aromatic N) is 1. The highest BCUT2D eigenvalue weighted by molar-refractivity contribution is 6.34. The van der Waals surface area contributed by atoms with Crippen LogP contribution in [0.15, 0.2) is 60.7 Å². The smallest absolute Gasteiger partial charge is 0.251 e. The average molecular weight is 436 g/mol. The van der Waals surface area contributed by atoms with Crippen molar-refractivity contribution in [2.45, 2.75) is 19.3 Å². The summed E-state index contributed by atoms with van der Waals surface area (Å²) in [7, 11) is 0. The van der Waals surface area contributed by atoms with Crippen LogP contribution >= 0.6 is 11.6 Å². The predicted molar refractivity (Wildman–Crippen MR) is 123 cm³/mol. The Kier molecular flexibility index (Phi) is 6.18.